The second-order valence-electron chi connectivity index (χ2n) is 6.19. The number of carbonyl (C=O) groups excluding carboxylic acids is 1. The Kier molecular flexibility index (Phi) is 5.76. The van der Waals surface area contributed by atoms with Gasteiger partial charge in [-0.25, -0.2) is 8.42 Å². The first kappa shape index (κ1) is 20.0. The molecule has 0 bridgehead atoms. The molecule has 0 unspecified atom stereocenters. The summed E-state index contributed by atoms with van der Waals surface area (Å²) in [6.45, 7) is 5.73. The zero-order valence-corrected chi connectivity index (χ0v) is 17.3. The molecule has 2 aromatic carbocycles. The lowest BCUT2D eigenvalue weighted by Gasteiger charge is -2.12. The van der Waals surface area contributed by atoms with Crippen LogP contribution in [0.15, 0.2) is 47.4 Å². The summed E-state index contributed by atoms with van der Waals surface area (Å²) in [5.41, 5.74) is 2.73. The van der Waals surface area contributed by atoms with Gasteiger partial charge in [-0.1, -0.05) is 30.4 Å². The molecule has 0 radical (unpaired) electrons. The minimum atomic E-state index is -3.76. The highest BCUT2D eigenvalue weighted by atomic mass is 32.2. The average molecular weight is 417 g/mol. The van der Waals surface area contributed by atoms with E-state index in [0.29, 0.717) is 16.4 Å². The maximum Gasteiger partial charge on any atom is 0.261 e. The van der Waals surface area contributed by atoms with Gasteiger partial charge in [0.2, 0.25) is 5.13 Å². The summed E-state index contributed by atoms with van der Waals surface area (Å²) in [5.74, 6) is -0.370. The molecule has 0 aliphatic rings. The summed E-state index contributed by atoms with van der Waals surface area (Å²) < 4.78 is 27.9. The van der Waals surface area contributed by atoms with Gasteiger partial charge in [-0.3, -0.25) is 14.8 Å². The number of aromatic nitrogens is 2. The van der Waals surface area contributed by atoms with E-state index in [2.05, 4.69) is 20.2 Å². The van der Waals surface area contributed by atoms with Gasteiger partial charge in [0, 0.05) is 5.56 Å². The minimum absolute atomic E-state index is 0.0779. The van der Waals surface area contributed by atoms with Crippen molar-refractivity contribution in [3.05, 3.63) is 64.2 Å². The van der Waals surface area contributed by atoms with Crippen LogP contribution in [0.3, 0.4) is 0 Å². The van der Waals surface area contributed by atoms with Crippen molar-refractivity contribution in [1.29, 1.82) is 0 Å². The number of hydrogen-bond acceptors (Lipinski definition) is 6. The monoisotopic (exact) mass is 416 g/mol. The van der Waals surface area contributed by atoms with Gasteiger partial charge < -0.3 is 0 Å². The van der Waals surface area contributed by atoms with Gasteiger partial charge in [0.25, 0.3) is 15.9 Å². The van der Waals surface area contributed by atoms with E-state index < -0.39 is 10.0 Å². The Labute approximate surface area is 167 Å². The number of rotatable bonds is 6. The molecule has 3 rings (SSSR count). The zero-order chi connectivity index (χ0) is 20.3. The third-order valence-electron chi connectivity index (χ3n) is 4.27. The first-order chi connectivity index (χ1) is 13.3. The number of carbonyl (C=O) groups is 1. The summed E-state index contributed by atoms with van der Waals surface area (Å²) in [4.78, 5) is 12.4. The Morgan fingerprint density at radius 2 is 1.79 bits per heavy atom. The molecule has 0 aliphatic heterocycles. The molecule has 0 saturated heterocycles. The van der Waals surface area contributed by atoms with Crippen molar-refractivity contribution in [3.63, 3.8) is 0 Å². The van der Waals surface area contributed by atoms with Gasteiger partial charge in [-0.2, -0.15) is 0 Å². The molecule has 0 fully saturated rings. The van der Waals surface area contributed by atoms with E-state index in [-0.39, 0.29) is 10.8 Å². The lowest BCUT2D eigenvalue weighted by atomic mass is 10.1. The number of aryl methyl sites for hydroxylation is 2. The van der Waals surface area contributed by atoms with E-state index in [1.165, 1.54) is 35.6 Å². The predicted molar refractivity (Wildman–Crippen MR) is 110 cm³/mol. The van der Waals surface area contributed by atoms with Crippen molar-refractivity contribution in [1.82, 2.24) is 10.2 Å². The molecule has 0 atom stereocenters. The average Bonchev–Trinajstić information content (AvgIpc) is 3.13. The number of sulfonamides is 1. The van der Waals surface area contributed by atoms with E-state index in [9.17, 15) is 13.2 Å². The zero-order valence-electron chi connectivity index (χ0n) is 15.7. The van der Waals surface area contributed by atoms with Crippen LogP contribution in [0.25, 0.3) is 0 Å². The molecule has 0 aliphatic carbocycles. The van der Waals surface area contributed by atoms with Crippen molar-refractivity contribution in [3.8, 4) is 0 Å². The first-order valence-corrected chi connectivity index (χ1v) is 10.9. The summed E-state index contributed by atoms with van der Waals surface area (Å²) >= 11 is 1.31. The minimum Gasteiger partial charge on any atom is -0.296 e. The Morgan fingerprint density at radius 3 is 2.43 bits per heavy atom. The summed E-state index contributed by atoms with van der Waals surface area (Å²) in [6.07, 6.45) is 0.744. The van der Waals surface area contributed by atoms with Crippen molar-refractivity contribution in [2.24, 2.45) is 0 Å². The number of anilines is 2. The Bertz CT molecular complexity index is 1110. The fourth-order valence-corrected chi connectivity index (χ4v) is 4.26. The molecule has 28 heavy (non-hydrogen) atoms. The van der Waals surface area contributed by atoms with Crippen LogP contribution in [0.4, 0.5) is 10.8 Å². The van der Waals surface area contributed by atoms with Crippen LogP contribution in [0, 0.1) is 13.8 Å². The molecule has 7 nitrogen and oxygen atoms in total. The molecular formula is C19H20N4O3S2. The third kappa shape index (κ3) is 4.37. The maximum atomic E-state index is 12.6. The normalized spacial score (nSPS) is 11.2. The predicted octanol–water partition coefficient (Wildman–Crippen LogP) is 3.77. The summed E-state index contributed by atoms with van der Waals surface area (Å²) in [5, 5.41) is 11.8. The van der Waals surface area contributed by atoms with Crippen LogP contribution in [-0.4, -0.2) is 24.5 Å². The molecule has 0 saturated carbocycles. The second-order valence-corrected chi connectivity index (χ2v) is 8.93. The SMILES string of the molecule is CCc1nnc(NC(=O)c2ccc(S(=O)(=O)Nc3cccc(C)c3C)cc2)s1. The van der Waals surface area contributed by atoms with Gasteiger partial charge in [0.1, 0.15) is 5.01 Å². The van der Waals surface area contributed by atoms with Crippen molar-refractivity contribution in [2.75, 3.05) is 10.0 Å². The summed E-state index contributed by atoms with van der Waals surface area (Å²) in [7, 11) is -3.76. The van der Waals surface area contributed by atoms with E-state index in [1.54, 1.807) is 12.1 Å². The highest BCUT2D eigenvalue weighted by Crippen LogP contribution is 2.22. The fraction of sp³-hybridized carbons (Fsp3) is 0.211. The van der Waals surface area contributed by atoms with Crippen LogP contribution in [0.2, 0.25) is 0 Å². The molecule has 1 aromatic heterocycles. The highest BCUT2D eigenvalue weighted by molar-refractivity contribution is 7.92. The molecule has 2 N–H and O–H groups in total. The van der Waals surface area contributed by atoms with E-state index >= 15 is 0 Å². The largest absolute Gasteiger partial charge is 0.296 e. The maximum absolute atomic E-state index is 12.6. The standard InChI is InChI=1S/C19H20N4O3S2/c1-4-17-21-22-19(27-17)20-18(24)14-8-10-15(11-9-14)28(25,26)23-16-7-5-6-12(2)13(16)3/h5-11,23H,4H2,1-3H3,(H,20,22,24). The number of hydrogen-bond donors (Lipinski definition) is 2. The molecule has 3 aromatic rings. The number of benzene rings is 2. The van der Waals surface area contributed by atoms with Gasteiger partial charge in [-0.05, 0) is 61.7 Å². The molecule has 9 heteroatoms. The van der Waals surface area contributed by atoms with Gasteiger partial charge in [-0.15, -0.1) is 10.2 Å². The van der Waals surface area contributed by atoms with E-state index in [0.717, 1.165) is 22.6 Å². The Hall–Kier alpha value is -2.78. The number of nitrogens with zero attached hydrogens (tertiary/aromatic N) is 2. The fourth-order valence-electron chi connectivity index (χ4n) is 2.47. The van der Waals surface area contributed by atoms with Crippen LogP contribution in [-0.2, 0) is 16.4 Å². The van der Waals surface area contributed by atoms with Crippen LogP contribution < -0.4 is 10.0 Å². The quantitative estimate of drug-likeness (QED) is 0.637. The van der Waals surface area contributed by atoms with Crippen molar-refractivity contribution in [2.45, 2.75) is 32.1 Å². The van der Waals surface area contributed by atoms with Crippen LogP contribution >= 0.6 is 11.3 Å². The molecular weight excluding hydrogens is 396 g/mol. The van der Waals surface area contributed by atoms with Crippen molar-refractivity contribution >= 4 is 38.1 Å². The van der Waals surface area contributed by atoms with Gasteiger partial charge >= 0.3 is 0 Å². The lowest BCUT2D eigenvalue weighted by molar-refractivity contribution is 0.102. The smallest absolute Gasteiger partial charge is 0.261 e. The van der Waals surface area contributed by atoms with Gasteiger partial charge in [0.05, 0.1) is 10.6 Å². The van der Waals surface area contributed by atoms with E-state index in [4.69, 9.17) is 0 Å². The Morgan fingerprint density at radius 1 is 1.07 bits per heavy atom. The lowest BCUT2D eigenvalue weighted by Crippen LogP contribution is -2.15. The number of nitrogens with one attached hydrogen (secondary N) is 2. The summed E-state index contributed by atoms with van der Waals surface area (Å²) in [6, 6.07) is 11.2. The second kappa shape index (κ2) is 8.07. The van der Waals surface area contributed by atoms with Crippen LogP contribution in [0.1, 0.15) is 33.4 Å². The van der Waals surface area contributed by atoms with Gasteiger partial charge in [0.15, 0.2) is 0 Å². The molecule has 0 spiro atoms. The molecule has 146 valence electrons. The van der Waals surface area contributed by atoms with Crippen LogP contribution in [0.5, 0.6) is 0 Å². The molecule has 1 heterocycles. The molecule has 1 amide bonds. The third-order valence-corrected chi connectivity index (χ3v) is 6.63. The topological polar surface area (TPSA) is 101 Å². The van der Waals surface area contributed by atoms with E-state index in [1.807, 2.05) is 26.8 Å². The highest BCUT2D eigenvalue weighted by Gasteiger charge is 2.17. The van der Waals surface area contributed by atoms with Crippen molar-refractivity contribution < 1.29 is 13.2 Å². The first-order valence-electron chi connectivity index (χ1n) is 8.63. The number of amides is 1. The Balaban J connectivity index is 1.75.